The third-order valence-corrected chi connectivity index (χ3v) is 3.58. The second-order valence-electron chi connectivity index (χ2n) is 6.74. The average Bonchev–Trinajstić information content (AvgIpc) is 2.44. The Morgan fingerprint density at radius 2 is 1.73 bits per heavy atom. The number of imide groups is 1. The van der Waals surface area contributed by atoms with E-state index in [-0.39, 0.29) is 11.1 Å². The standard InChI is InChI=1S/C18H20ClN3O4/c1-10-7-6-8-11(2)14(10)12-9-13(19)21-15(20-12)22(16(23)24)17(25)26-18(3,4)5/h6-9H,1-5H3,(H,23,24). The number of aromatic nitrogens is 2. The zero-order chi connectivity index (χ0) is 19.6. The average molecular weight is 378 g/mol. The van der Waals surface area contributed by atoms with Crippen molar-refractivity contribution in [2.75, 3.05) is 4.90 Å². The van der Waals surface area contributed by atoms with Crippen LogP contribution in [0.1, 0.15) is 31.9 Å². The fourth-order valence-electron chi connectivity index (χ4n) is 2.41. The van der Waals surface area contributed by atoms with Gasteiger partial charge in [0.2, 0.25) is 5.95 Å². The Bertz CT molecular complexity index is 842. The Balaban J connectivity index is 2.57. The molecule has 7 nitrogen and oxygen atoms in total. The van der Waals surface area contributed by atoms with Crippen molar-refractivity contribution in [3.05, 3.63) is 40.5 Å². The summed E-state index contributed by atoms with van der Waals surface area (Å²) in [6.07, 6.45) is -2.66. The van der Waals surface area contributed by atoms with Crippen molar-refractivity contribution in [1.29, 1.82) is 0 Å². The number of carbonyl (C=O) groups is 2. The molecule has 2 amide bonds. The van der Waals surface area contributed by atoms with Gasteiger partial charge in [0.25, 0.3) is 0 Å². The van der Waals surface area contributed by atoms with Crippen LogP contribution in [0.4, 0.5) is 15.5 Å². The van der Waals surface area contributed by atoms with Gasteiger partial charge in [-0.3, -0.25) is 0 Å². The molecule has 0 bridgehead atoms. The Kier molecular flexibility index (Phi) is 5.51. The van der Waals surface area contributed by atoms with Crippen LogP contribution in [-0.4, -0.2) is 32.9 Å². The number of benzene rings is 1. The van der Waals surface area contributed by atoms with E-state index in [0.717, 1.165) is 16.7 Å². The molecule has 1 heterocycles. The molecule has 1 aromatic heterocycles. The molecule has 2 rings (SSSR count). The van der Waals surface area contributed by atoms with E-state index in [1.54, 1.807) is 20.8 Å². The van der Waals surface area contributed by atoms with E-state index in [4.69, 9.17) is 16.3 Å². The number of nitrogens with zero attached hydrogens (tertiary/aromatic N) is 3. The molecule has 2 aromatic rings. The van der Waals surface area contributed by atoms with Gasteiger partial charge in [0.15, 0.2) is 0 Å². The lowest BCUT2D eigenvalue weighted by molar-refractivity contribution is 0.0579. The number of hydrogen-bond acceptors (Lipinski definition) is 5. The maximum atomic E-state index is 12.3. The van der Waals surface area contributed by atoms with E-state index in [1.807, 2.05) is 32.0 Å². The summed E-state index contributed by atoms with van der Waals surface area (Å²) in [6, 6.07) is 7.24. The number of aryl methyl sites for hydroxylation is 2. The monoisotopic (exact) mass is 377 g/mol. The molecule has 26 heavy (non-hydrogen) atoms. The van der Waals surface area contributed by atoms with Crippen molar-refractivity contribution in [2.24, 2.45) is 0 Å². The molecule has 0 saturated heterocycles. The summed E-state index contributed by atoms with van der Waals surface area (Å²) in [6.45, 7) is 8.70. The second kappa shape index (κ2) is 7.29. The molecule has 0 aliphatic rings. The Hall–Kier alpha value is -2.67. The molecular formula is C18H20ClN3O4. The van der Waals surface area contributed by atoms with Gasteiger partial charge in [0.1, 0.15) is 10.8 Å². The van der Waals surface area contributed by atoms with E-state index in [0.29, 0.717) is 10.6 Å². The largest absolute Gasteiger partial charge is 0.464 e. The van der Waals surface area contributed by atoms with Crippen molar-refractivity contribution >= 4 is 29.7 Å². The Morgan fingerprint density at radius 3 is 2.23 bits per heavy atom. The molecule has 8 heteroatoms. The van der Waals surface area contributed by atoms with Crippen LogP contribution in [-0.2, 0) is 4.74 Å². The van der Waals surface area contributed by atoms with Gasteiger partial charge in [-0.1, -0.05) is 29.8 Å². The molecule has 0 unspecified atom stereocenters. The summed E-state index contributed by atoms with van der Waals surface area (Å²) in [5, 5.41) is 9.47. The number of carboxylic acid groups (broad SMARTS) is 1. The lowest BCUT2D eigenvalue weighted by Crippen LogP contribution is -2.41. The summed E-state index contributed by atoms with van der Waals surface area (Å²) in [5.74, 6) is -0.364. The van der Waals surface area contributed by atoms with E-state index < -0.39 is 17.8 Å². The topological polar surface area (TPSA) is 92.6 Å². The van der Waals surface area contributed by atoms with Crippen LogP contribution in [0.5, 0.6) is 0 Å². The van der Waals surface area contributed by atoms with Gasteiger partial charge in [-0.05, 0) is 45.7 Å². The number of amides is 2. The van der Waals surface area contributed by atoms with Crippen LogP contribution in [0.2, 0.25) is 5.15 Å². The van der Waals surface area contributed by atoms with E-state index >= 15 is 0 Å². The van der Waals surface area contributed by atoms with E-state index in [1.165, 1.54) is 6.07 Å². The highest BCUT2D eigenvalue weighted by Gasteiger charge is 2.31. The van der Waals surface area contributed by atoms with Gasteiger partial charge in [0, 0.05) is 11.6 Å². The van der Waals surface area contributed by atoms with Gasteiger partial charge in [-0.25, -0.2) is 14.6 Å². The normalized spacial score (nSPS) is 11.2. The fraction of sp³-hybridized carbons (Fsp3) is 0.333. The molecule has 0 spiro atoms. The van der Waals surface area contributed by atoms with Gasteiger partial charge in [-0.2, -0.15) is 4.98 Å². The zero-order valence-electron chi connectivity index (χ0n) is 15.2. The van der Waals surface area contributed by atoms with Gasteiger partial charge in [0.05, 0.1) is 5.69 Å². The molecule has 0 aliphatic heterocycles. The van der Waals surface area contributed by atoms with Crippen LogP contribution in [0.15, 0.2) is 24.3 Å². The summed E-state index contributed by atoms with van der Waals surface area (Å²) in [5.41, 5.74) is 2.21. The van der Waals surface area contributed by atoms with E-state index in [9.17, 15) is 14.7 Å². The van der Waals surface area contributed by atoms with Crippen molar-refractivity contribution in [2.45, 2.75) is 40.2 Å². The van der Waals surface area contributed by atoms with Gasteiger partial charge >= 0.3 is 12.2 Å². The highest BCUT2D eigenvalue weighted by molar-refractivity contribution is 6.29. The molecule has 0 radical (unpaired) electrons. The van der Waals surface area contributed by atoms with Crippen molar-refractivity contribution in [3.63, 3.8) is 0 Å². The first-order valence-electron chi connectivity index (χ1n) is 7.87. The number of anilines is 1. The summed E-state index contributed by atoms with van der Waals surface area (Å²) >= 11 is 6.07. The quantitative estimate of drug-likeness (QED) is 0.753. The van der Waals surface area contributed by atoms with Crippen LogP contribution in [0, 0.1) is 13.8 Å². The van der Waals surface area contributed by atoms with Crippen molar-refractivity contribution in [3.8, 4) is 11.3 Å². The van der Waals surface area contributed by atoms with E-state index in [2.05, 4.69) is 9.97 Å². The molecule has 0 aliphatic carbocycles. The molecular weight excluding hydrogens is 358 g/mol. The predicted molar refractivity (Wildman–Crippen MR) is 98.7 cm³/mol. The summed E-state index contributed by atoms with van der Waals surface area (Å²) in [4.78, 5) is 32.4. The van der Waals surface area contributed by atoms with Crippen LogP contribution >= 0.6 is 11.6 Å². The SMILES string of the molecule is Cc1cccc(C)c1-c1cc(Cl)nc(N(C(=O)O)C(=O)OC(C)(C)C)n1. The Morgan fingerprint density at radius 1 is 1.15 bits per heavy atom. The number of carbonyl (C=O) groups excluding carboxylic acids is 1. The molecule has 1 N–H and O–H groups in total. The third kappa shape index (κ3) is 4.49. The third-order valence-electron chi connectivity index (χ3n) is 3.39. The van der Waals surface area contributed by atoms with Gasteiger partial charge < -0.3 is 9.84 Å². The van der Waals surface area contributed by atoms with Crippen LogP contribution in [0.25, 0.3) is 11.3 Å². The molecule has 138 valence electrons. The lowest BCUT2D eigenvalue weighted by atomic mass is 10.00. The van der Waals surface area contributed by atoms with Gasteiger partial charge in [-0.15, -0.1) is 4.90 Å². The zero-order valence-corrected chi connectivity index (χ0v) is 16.0. The minimum Gasteiger partial charge on any atom is -0.464 e. The highest BCUT2D eigenvalue weighted by atomic mass is 35.5. The maximum absolute atomic E-state index is 12.3. The summed E-state index contributed by atoms with van der Waals surface area (Å²) < 4.78 is 5.13. The molecule has 0 atom stereocenters. The minimum absolute atomic E-state index is 0.0162. The minimum atomic E-state index is -1.56. The maximum Gasteiger partial charge on any atom is 0.427 e. The first-order chi connectivity index (χ1) is 12.0. The number of rotatable bonds is 2. The Labute approximate surface area is 156 Å². The highest BCUT2D eigenvalue weighted by Crippen LogP contribution is 2.29. The predicted octanol–water partition coefficient (Wildman–Crippen LogP) is 4.83. The summed E-state index contributed by atoms with van der Waals surface area (Å²) in [7, 11) is 0. The fourth-order valence-corrected chi connectivity index (χ4v) is 2.58. The molecule has 0 fully saturated rings. The van der Waals surface area contributed by atoms with Crippen LogP contribution in [0.3, 0.4) is 0 Å². The van der Waals surface area contributed by atoms with Crippen molar-refractivity contribution in [1.82, 2.24) is 9.97 Å². The first kappa shape index (κ1) is 19.7. The number of hydrogen-bond donors (Lipinski definition) is 1. The van der Waals surface area contributed by atoms with Crippen LogP contribution < -0.4 is 4.90 Å². The first-order valence-corrected chi connectivity index (χ1v) is 8.24. The second-order valence-corrected chi connectivity index (χ2v) is 7.13. The smallest absolute Gasteiger partial charge is 0.427 e. The van der Waals surface area contributed by atoms with Crippen molar-refractivity contribution < 1.29 is 19.4 Å². The number of ether oxygens (including phenoxy) is 1. The number of halogens is 1. The lowest BCUT2D eigenvalue weighted by Gasteiger charge is -2.23. The molecule has 0 saturated carbocycles. The molecule has 1 aromatic carbocycles.